The van der Waals surface area contributed by atoms with Gasteiger partial charge < -0.3 is 9.64 Å². The SMILES string of the molecule is CO[C@H]1C[C@@H](CN(C)C(=O)c2ccc(-n3cnnn3)cc2)N(C)C1. The van der Waals surface area contributed by atoms with Crippen LogP contribution < -0.4 is 0 Å². The van der Waals surface area contributed by atoms with Crippen LogP contribution in [0.4, 0.5) is 0 Å². The quantitative estimate of drug-likeness (QED) is 0.792. The van der Waals surface area contributed by atoms with E-state index >= 15 is 0 Å². The van der Waals surface area contributed by atoms with Gasteiger partial charge in [-0.25, -0.2) is 4.68 Å². The number of tetrazole rings is 1. The number of likely N-dealkylation sites (tertiary alicyclic amines) is 1. The van der Waals surface area contributed by atoms with Crippen molar-refractivity contribution in [1.29, 1.82) is 0 Å². The van der Waals surface area contributed by atoms with E-state index in [1.165, 1.54) is 6.33 Å². The van der Waals surface area contributed by atoms with Gasteiger partial charge in [0.1, 0.15) is 6.33 Å². The summed E-state index contributed by atoms with van der Waals surface area (Å²) in [6, 6.07) is 7.59. The average molecular weight is 330 g/mol. The van der Waals surface area contributed by atoms with Crippen LogP contribution in [0.5, 0.6) is 0 Å². The highest BCUT2D eigenvalue weighted by atomic mass is 16.5. The van der Waals surface area contributed by atoms with Crippen molar-refractivity contribution in [1.82, 2.24) is 30.0 Å². The molecule has 3 rings (SSSR count). The predicted octanol–water partition coefficient (Wildman–Crippen LogP) is 0.453. The lowest BCUT2D eigenvalue weighted by atomic mass is 10.1. The number of hydrogen-bond donors (Lipinski definition) is 0. The number of rotatable bonds is 5. The molecule has 2 atom stereocenters. The third-order valence-electron chi connectivity index (χ3n) is 4.54. The van der Waals surface area contributed by atoms with Crippen LogP contribution in [-0.2, 0) is 4.74 Å². The number of hydrogen-bond acceptors (Lipinski definition) is 6. The van der Waals surface area contributed by atoms with E-state index in [9.17, 15) is 4.79 Å². The van der Waals surface area contributed by atoms with E-state index in [1.807, 2.05) is 19.2 Å². The van der Waals surface area contributed by atoms with Gasteiger partial charge in [-0.1, -0.05) is 0 Å². The summed E-state index contributed by atoms with van der Waals surface area (Å²) in [6.45, 7) is 1.59. The van der Waals surface area contributed by atoms with Crippen molar-refractivity contribution in [2.75, 3.05) is 34.3 Å². The first-order valence-corrected chi connectivity index (χ1v) is 7.90. The maximum atomic E-state index is 12.6. The third kappa shape index (κ3) is 3.44. The van der Waals surface area contributed by atoms with Gasteiger partial charge >= 0.3 is 0 Å². The molecular formula is C16H22N6O2. The molecule has 0 unspecified atom stereocenters. The van der Waals surface area contributed by atoms with E-state index < -0.39 is 0 Å². The van der Waals surface area contributed by atoms with Gasteiger partial charge in [0.15, 0.2) is 0 Å². The number of aromatic nitrogens is 4. The van der Waals surface area contributed by atoms with Crippen molar-refractivity contribution in [3.8, 4) is 5.69 Å². The van der Waals surface area contributed by atoms with Gasteiger partial charge in [0.25, 0.3) is 5.91 Å². The number of likely N-dealkylation sites (N-methyl/N-ethyl adjacent to an activating group) is 2. The first-order chi connectivity index (χ1) is 11.6. The number of amides is 1. The second-order valence-electron chi connectivity index (χ2n) is 6.17. The van der Waals surface area contributed by atoms with Gasteiger partial charge in [0, 0.05) is 38.9 Å². The fraction of sp³-hybridized carbons (Fsp3) is 0.500. The van der Waals surface area contributed by atoms with Gasteiger partial charge in [-0.2, -0.15) is 0 Å². The maximum absolute atomic E-state index is 12.6. The minimum atomic E-state index is 0.00697. The molecule has 0 saturated carbocycles. The van der Waals surface area contributed by atoms with Crippen molar-refractivity contribution < 1.29 is 9.53 Å². The zero-order valence-electron chi connectivity index (χ0n) is 14.2. The molecule has 1 aromatic carbocycles. The second-order valence-corrected chi connectivity index (χ2v) is 6.17. The Hall–Kier alpha value is -2.32. The third-order valence-corrected chi connectivity index (χ3v) is 4.54. The smallest absolute Gasteiger partial charge is 0.253 e. The molecule has 2 heterocycles. The molecule has 0 N–H and O–H groups in total. The van der Waals surface area contributed by atoms with Crippen molar-refractivity contribution in [3.63, 3.8) is 0 Å². The van der Waals surface area contributed by atoms with Crippen LogP contribution in [0, 0.1) is 0 Å². The van der Waals surface area contributed by atoms with E-state index in [4.69, 9.17) is 4.74 Å². The molecule has 1 saturated heterocycles. The van der Waals surface area contributed by atoms with Crippen LogP contribution in [0.3, 0.4) is 0 Å². The van der Waals surface area contributed by atoms with Crippen LogP contribution in [0.2, 0.25) is 0 Å². The Balaban J connectivity index is 1.63. The molecule has 1 fully saturated rings. The summed E-state index contributed by atoms with van der Waals surface area (Å²) in [5.41, 5.74) is 1.47. The fourth-order valence-electron chi connectivity index (χ4n) is 3.07. The Bertz CT molecular complexity index is 672. The van der Waals surface area contributed by atoms with Gasteiger partial charge in [-0.15, -0.1) is 5.10 Å². The Morgan fingerprint density at radius 2 is 2.12 bits per heavy atom. The minimum Gasteiger partial charge on any atom is -0.380 e. The van der Waals surface area contributed by atoms with E-state index in [0.717, 1.165) is 18.7 Å². The van der Waals surface area contributed by atoms with Crippen molar-refractivity contribution in [2.45, 2.75) is 18.6 Å². The first-order valence-electron chi connectivity index (χ1n) is 7.90. The molecule has 1 amide bonds. The lowest BCUT2D eigenvalue weighted by Gasteiger charge is -2.25. The average Bonchev–Trinajstić information content (AvgIpc) is 3.25. The number of nitrogens with zero attached hydrogens (tertiary/aromatic N) is 6. The fourth-order valence-corrected chi connectivity index (χ4v) is 3.07. The highest BCUT2D eigenvalue weighted by molar-refractivity contribution is 5.94. The van der Waals surface area contributed by atoms with Crippen LogP contribution in [0.25, 0.3) is 5.69 Å². The zero-order valence-corrected chi connectivity index (χ0v) is 14.2. The standard InChI is InChI=1S/C16H22N6O2/c1-20-10-15(24-3)8-14(20)9-21(2)16(23)12-4-6-13(7-5-12)22-11-17-18-19-22/h4-7,11,14-15H,8-10H2,1-3H3/t14-,15-/m0/s1. The largest absolute Gasteiger partial charge is 0.380 e. The normalized spacial score (nSPS) is 21.1. The van der Waals surface area contributed by atoms with E-state index in [0.29, 0.717) is 18.2 Å². The zero-order chi connectivity index (χ0) is 17.1. The topological polar surface area (TPSA) is 76.4 Å². The number of carbonyl (C=O) groups excluding carboxylic acids is 1. The Kier molecular flexibility index (Phi) is 4.86. The predicted molar refractivity (Wildman–Crippen MR) is 87.9 cm³/mol. The lowest BCUT2D eigenvalue weighted by molar-refractivity contribution is 0.0760. The van der Waals surface area contributed by atoms with Crippen LogP contribution in [0.15, 0.2) is 30.6 Å². The van der Waals surface area contributed by atoms with Crippen LogP contribution >= 0.6 is 0 Å². The molecular weight excluding hydrogens is 308 g/mol. The number of benzene rings is 1. The van der Waals surface area contributed by atoms with Gasteiger partial charge in [0.2, 0.25) is 0 Å². The van der Waals surface area contributed by atoms with Gasteiger partial charge in [-0.3, -0.25) is 9.69 Å². The maximum Gasteiger partial charge on any atom is 0.253 e. The van der Waals surface area contributed by atoms with E-state index in [-0.39, 0.29) is 12.0 Å². The number of methoxy groups -OCH3 is 1. The highest BCUT2D eigenvalue weighted by Gasteiger charge is 2.31. The van der Waals surface area contributed by atoms with Crippen molar-refractivity contribution >= 4 is 5.91 Å². The molecule has 8 nitrogen and oxygen atoms in total. The summed E-state index contributed by atoms with van der Waals surface area (Å²) in [5.74, 6) is 0.00697. The minimum absolute atomic E-state index is 0.00697. The Morgan fingerprint density at radius 1 is 1.38 bits per heavy atom. The van der Waals surface area contributed by atoms with Crippen LogP contribution in [-0.4, -0.2) is 82.4 Å². The second kappa shape index (κ2) is 7.06. The molecule has 0 radical (unpaired) electrons. The highest BCUT2D eigenvalue weighted by Crippen LogP contribution is 2.19. The summed E-state index contributed by atoms with van der Waals surface area (Å²) in [5, 5.41) is 11.0. The molecule has 0 bridgehead atoms. The summed E-state index contributed by atoms with van der Waals surface area (Å²) in [7, 11) is 5.65. The molecule has 1 aromatic heterocycles. The Morgan fingerprint density at radius 3 is 2.71 bits per heavy atom. The molecule has 2 aromatic rings. The van der Waals surface area contributed by atoms with Crippen LogP contribution in [0.1, 0.15) is 16.8 Å². The van der Waals surface area contributed by atoms with E-state index in [2.05, 4.69) is 27.5 Å². The summed E-state index contributed by atoms with van der Waals surface area (Å²) in [6.07, 6.45) is 2.72. The Labute approximate surface area is 141 Å². The molecule has 1 aliphatic heterocycles. The molecule has 0 spiro atoms. The van der Waals surface area contributed by atoms with E-state index in [1.54, 1.807) is 28.8 Å². The summed E-state index contributed by atoms with van der Waals surface area (Å²) >= 11 is 0. The summed E-state index contributed by atoms with van der Waals surface area (Å²) in [4.78, 5) is 16.6. The van der Waals surface area contributed by atoms with Crippen molar-refractivity contribution in [3.05, 3.63) is 36.2 Å². The monoisotopic (exact) mass is 330 g/mol. The molecule has 1 aliphatic rings. The summed E-state index contributed by atoms with van der Waals surface area (Å²) < 4.78 is 6.98. The first kappa shape index (κ1) is 16.5. The molecule has 0 aliphatic carbocycles. The van der Waals surface area contributed by atoms with Crippen molar-refractivity contribution in [2.24, 2.45) is 0 Å². The molecule has 8 heteroatoms. The number of ether oxygens (including phenoxy) is 1. The van der Waals surface area contributed by atoms with Gasteiger partial charge in [0.05, 0.1) is 11.8 Å². The molecule has 24 heavy (non-hydrogen) atoms. The molecule has 128 valence electrons. The lowest BCUT2D eigenvalue weighted by Crippen LogP contribution is -2.39. The number of carbonyl (C=O) groups is 1. The van der Waals surface area contributed by atoms with Gasteiger partial charge in [-0.05, 0) is 48.2 Å².